The van der Waals surface area contributed by atoms with Crippen molar-refractivity contribution in [2.75, 3.05) is 13.1 Å². The fraction of sp³-hybridized carbons (Fsp3) is 0.467. The van der Waals surface area contributed by atoms with E-state index in [1.165, 1.54) is 0 Å². The lowest BCUT2D eigenvalue weighted by molar-refractivity contribution is 0.0743. The number of nitriles is 1. The first-order valence-corrected chi connectivity index (χ1v) is 6.56. The van der Waals surface area contributed by atoms with E-state index in [4.69, 9.17) is 10.00 Å². The monoisotopic (exact) mass is 258 g/mol. The van der Waals surface area contributed by atoms with Crippen LogP contribution < -0.4 is 0 Å². The second-order valence-electron chi connectivity index (χ2n) is 4.99. The maximum Gasteiger partial charge on any atom is 0.410 e. The molecular formula is C15H18N2O2. The Hall–Kier alpha value is -2.02. The van der Waals surface area contributed by atoms with Crippen molar-refractivity contribution in [2.24, 2.45) is 11.8 Å². The van der Waals surface area contributed by atoms with Crippen LogP contribution in [0.1, 0.15) is 18.9 Å². The maximum absolute atomic E-state index is 11.9. The minimum atomic E-state index is -0.285. The van der Waals surface area contributed by atoms with Crippen LogP contribution in [0.4, 0.5) is 4.79 Å². The molecular weight excluding hydrogens is 240 g/mol. The van der Waals surface area contributed by atoms with Gasteiger partial charge in [-0.2, -0.15) is 5.26 Å². The lowest BCUT2D eigenvalue weighted by Crippen LogP contribution is -2.42. The Morgan fingerprint density at radius 1 is 1.47 bits per heavy atom. The minimum Gasteiger partial charge on any atom is -0.445 e. The van der Waals surface area contributed by atoms with Crippen molar-refractivity contribution in [2.45, 2.75) is 20.0 Å². The molecule has 1 aliphatic rings. The van der Waals surface area contributed by atoms with E-state index < -0.39 is 0 Å². The number of piperidine rings is 1. The van der Waals surface area contributed by atoms with E-state index in [0.29, 0.717) is 19.7 Å². The van der Waals surface area contributed by atoms with Crippen LogP contribution in [0.15, 0.2) is 30.3 Å². The molecule has 1 heterocycles. The molecule has 1 fully saturated rings. The van der Waals surface area contributed by atoms with Gasteiger partial charge in [0.15, 0.2) is 0 Å². The van der Waals surface area contributed by atoms with Crippen LogP contribution in [0.5, 0.6) is 0 Å². The highest BCUT2D eigenvalue weighted by molar-refractivity contribution is 5.67. The fourth-order valence-electron chi connectivity index (χ4n) is 2.31. The average Bonchev–Trinajstić information content (AvgIpc) is 2.45. The predicted molar refractivity (Wildman–Crippen MR) is 71.1 cm³/mol. The lowest BCUT2D eigenvalue weighted by Gasteiger charge is -2.33. The molecule has 4 nitrogen and oxygen atoms in total. The Kier molecular flexibility index (Phi) is 4.40. The van der Waals surface area contributed by atoms with E-state index in [0.717, 1.165) is 12.0 Å². The molecule has 2 rings (SSSR count). The first kappa shape index (κ1) is 13.4. The van der Waals surface area contributed by atoms with Crippen molar-refractivity contribution in [3.63, 3.8) is 0 Å². The van der Waals surface area contributed by atoms with Crippen molar-refractivity contribution < 1.29 is 9.53 Å². The Morgan fingerprint density at radius 2 is 2.21 bits per heavy atom. The third kappa shape index (κ3) is 3.47. The number of ether oxygens (including phenoxy) is 1. The van der Waals surface area contributed by atoms with Gasteiger partial charge in [-0.15, -0.1) is 0 Å². The topological polar surface area (TPSA) is 53.3 Å². The van der Waals surface area contributed by atoms with Crippen molar-refractivity contribution in [1.82, 2.24) is 4.90 Å². The number of hydrogen-bond donors (Lipinski definition) is 0. The number of rotatable bonds is 2. The summed E-state index contributed by atoms with van der Waals surface area (Å²) in [6.45, 7) is 3.51. The van der Waals surface area contributed by atoms with Gasteiger partial charge in [0.1, 0.15) is 6.61 Å². The molecule has 1 amide bonds. The zero-order valence-corrected chi connectivity index (χ0v) is 11.1. The number of carbonyl (C=O) groups is 1. The van der Waals surface area contributed by atoms with Gasteiger partial charge >= 0.3 is 6.09 Å². The Balaban J connectivity index is 1.83. The summed E-state index contributed by atoms with van der Waals surface area (Å²) in [5.74, 6) is 0.265. The van der Waals surface area contributed by atoms with E-state index >= 15 is 0 Å². The molecule has 1 aromatic carbocycles. The van der Waals surface area contributed by atoms with E-state index in [9.17, 15) is 4.79 Å². The molecule has 0 spiro atoms. The van der Waals surface area contributed by atoms with E-state index in [2.05, 4.69) is 6.07 Å². The van der Waals surface area contributed by atoms with Crippen LogP contribution >= 0.6 is 0 Å². The van der Waals surface area contributed by atoms with Gasteiger partial charge in [-0.05, 0) is 17.9 Å². The number of benzene rings is 1. The summed E-state index contributed by atoms with van der Waals surface area (Å²) in [5, 5.41) is 8.95. The largest absolute Gasteiger partial charge is 0.445 e. The average molecular weight is 258 g/mol. The van der Waals surface area contributed by atoms with E-state index in [-0.39, 0.29) is 17.9 Å². The fourth-order valence-corrected chi connectivity index (χ4v) is 2.31. The molecule has 100 valence electrons. The molecule has 4 heteroatoms. The Morgan fingerprint density at radius 3 is 2.84 bits per heavy atom. The molecule has 0 radical (unpaired) electrons. The zero-order valence-electron chi connectivity index (χ0n) is 11.1. The third-order valence-electron chi connectivity index (χ3n) is 3.53. The first-order chi connectivity index (χ1) is 9.20. The Labute approximate surface area is 113 Å². The molecule has 0 N–H and O–H groups in total. The van der Waals surface area contributed by atoms with E-state index in [1.54, 1.807) is 4.90 Å². The smallest absolute Gasteiger partial charge is 0.410 e. The molecule has 0 aromatic heterocycles. The van der Waals surface area contributed by atoms with Gasteiger partial charge in [0.25, 0.3) is 0 Å². The highest BCUT2D eigenvalue weighted by atomic mass is 16.6. The molecule has 2 atom stereocenters. The number of hydrogen-bond acceptors (Lipinski definition) is 3. The molecule has 1 aliphatic heterocycles. The highest BCUT2D eigenvalue weighted by Crippen LogP contribution is 2.23. The number of likely N-dealkylation sites (tertiary alicyclic amines) is 1. The van der Waals surface area contributed by atoms with Crippen LogP contribution in [0.2, 0.25) is 0 Å². The van der Waals surface area contributed by atoms with Gasteiger partial charge in [-0.3, -0.25) is 0 Å². The van der Waals surface area contributed by atoms with E-state index in [1.807, 2.05) is 37.3 Å². The SMILES string of the molecule is CC1CN(C(=O)OCc2ccccc2)CCC1C#N. The van der Waals surface area contributed by atoms with Crippen molar-refractivity contribution in [3.8, 4) is 6.07 Å². The van der Waals surface area contributed by atoms with Crippen molar-refractivity contribution >= 4 is 6.09 Å². The summed E-state index contributed by atoms with van der Waals surface area (Å²) in [4.78, 5) is 13.6. The van der Waals surface area contributed by atoms with Gasteiger partial charge in [0.2, 0.25) is 0 Å². The summed E-state index contributed by atoms with van der Waals surface area (Å²) in [7, 11) is 0. The minimum absolute atomic E-state index is 0.0539. The van der Waals surface area contributed by atoms with Gasteiger partial charge in [-0.25, -0.2) is 4.79 Å². The summed E-state index contributed by atoms with van der Waals surface area (Å²) in [6.07, 6.45) is 0.449. The second-order valence-corrected chi connectivity index (χ2v) is 4.99. The second kappa shape index (κ2) is 6.24. The predicted octanol–water partition coefficient (Wildman–Crippen LogP) is 2.80. The summed E-state index contributed by atoms with van der Waals surface area (Å²) >= 11 is 0. The molecule has 0 bridgehead atoms. The van der Waals surface area contributed by atoms with Crippen LogP contribution in [0.3, 0.4) is 0 Å². The van der Waals surface area contributed by atoms with Gasteiger partial charge in [-0.1, -0.05) is 37.3 Å². The first-order valence-electron chi connectivity index (χ1n) is 6.56. The molecule has 2 unspecified atom stereocenters. The number of amides is 1. The number of nitrogens with zero attached hydrogens (tertiary/aromatic N) is 2. The molecule has 1 saturated heterocycles. The normalized spacial score (nSPS) is 22.6. The third-order valence-corrected chi connectivity index (χ3v) is 3.53. The molecule has 1 aromatic rings. The van der Waals surface area contributed by atoms with Crippen LogP contribution in [0, 0.1) is 23.2 Å². The standard InChI is InChI=1S/C15H18N2O2/c1-12-10-17(8-7-14(12)9-16)15(18)19-11-13-5-3-2-4-6-13/h2-6,12,14H,7-8,10-11H2,1H3. The number of carbonyl (C=O) groups excluding carboxylic acids is 1. The zero-order chi connectivity index (χ0) is 13.7. The van der Waals surface area contributed by atoms with Gasteiger partial charge in [0.05, 0.1) is 12.0 Å². The van der Waals surface area contributed by atoms with Crippen molar-refractivity contribution in [3.05, 3.63) is 35.9 Å². The lowest BCUT2D eigenvalue weighted by atomic mass is 9.88. The van der Waals surface area contributed by atoms with Crippen LogP contribution in [0.25, 0.3) is 0 Å². The van der Waals surface area contributed by atoms with Crippen LogP contribution in [-0.2, 0) is 11.3 Å². The summed E-state index contributed by atoms with van der Waals surface area (Å²) in [5.41, 5.74) is 0.982. The molecule has 0 aliphatic carbocycles. The summed E-state index contributed by atoms with van der Waals surface area (Å²) < 4.78 is 5.29. The maximum atomic E-state index is 11.9. The summed E-state index contributed by atoms with van der Waals surface area (Å²) in [6, 6.07) is 11.9. The van der Waals surface area contributed by atoms with Gasteiger partial charge < -0.3 is 9.64 Å². The van der Waals surface area contributed by atoms with Crippen molar-refractivity contribution in [1.29, 1.82) is 5.26 Å². The Bertz CT molecular complexity index is 467. The quantitative estimate of drug-likeness (QED) is 0.819. The van der Waals surface area contributed by atoms with Crippen LogP contribution in [-0.4, -0.2) is 24.1 Å². The highest BCUT2D eigenvalue weighted by Gasteiger charge is 2.29. The van der Waals surface area contributed by atoms with Gasteiger partial charge in [0, 0.05) is 13.1 Å². The molecule has 0 saturated carbocycles. The molecule has 19 heavy (non-hydrogen) atoms.